The van der Waals surface area contributed by atoms with E-state index in [2.05, 4.69) is 20.1 Å². The van der Waals surface area contributed by atoms with Crippen LogP contribution < -0.4 is 15.0 Å². The summed E-state index contributed by atoms with van der Waals surface area (Å²) in [5, 5.41) is 3.46. The van der Waals surface area contributed by atoms with Gasteiger partial charge in [-0.25, -0.2) is 0 Å². The Hall–Kier alpha value is -1.40. The lowest BCUT2D eigenvalue weighted by Gasteiger charge is -2.38. The first-order chi connectivity index (χ1) is 11.9. The van der Waals surface area contributed by atoms with Crippen LogP contribution in [0.1, 0.15) is 38.5 Å². The van der Waals surface area contributed by atoms with Gasteiger partial charge in [0.2, 0.25) is 5.88 Å². The summed E-state index contributed by atoms with van der Waals surface area (Å²) in [6.45, 7) is 6.58. The van der Waals surface area contributed by atoms with Crippen LogP contribution in [-0.2, 0) is 0 Å². The predicted molar refractivity (Wildman–Crippen MR) is 94.6 cm³/mol. The van der Waals surface area contributed by atoms with Crippen molar-refractivity contribution in [1.82, 2.24) is 20.2 Å². The number of hydrogen-bond donors (Lipinski definition) is 1. The van der Waals surface area contributed by atoms with Crippen molar-refractivity contribution in [2.24, 2.45) is 0 Å². The second-order valence-corrected chi connectivity index (χ2v) is 7.26. The first-order valence-corrected chi connectivity index (χ1v) is 9.57. The number of piperazine rings is 1. The molecule has 2 saturated heterocycles. The van der Waals surface area contributed by atoms with E-state index in [9.17, 15) is 0 Å². The van der Waals surface area contributed by atoms with Crippen LogP contribution in [0.25, 0.3) is 0 Å². The van der Waals surface area contributed by atoms with E-state index >= 15 is 0 Å². The molecule has 1 aromatic heterocycles. The van der Waals surface area contributed by atoms with Crippen molar-refractivity contribution in [3.05, 3.63) is 12.4 Å². The minimum absolute atomic E-state index is 0.329. The Kier molecular flexibility index (Phi) is 5.13. The Morgan fingerprint density at radius 1 is 1.00 bits per heavy atom. The summed E-state index contributed by atoms with van der Waals surface area (Å²) < 4.78 is 6.07. The molecule has 0 aromatic carbocycles. The van der Waals surface area contributed by atoms with Crippen molar-refractivity contribution in [3.63, 3.8) is 0 Å². The maximum atomic E-state index is 6.07. The molecule has 6 nitrogen and oxygen atoms in total. The van der Waals surface area contributed by atoms with Crippen LogP contribution in [0, 0.1) is 0 Å². The summed E-state index contributed by atoms with van der Waals surface area (Å²) in [5.41, 5.74) is 0. The molecule has 24 heavy (non-hydrogen) atoms. The Morgan fingerprint density at radius 2 is 1.83 bits per heavy atom. The maximum Gasteiger partial charge on any atom is 0.234 e. The third-order valence-electron chi connectivity index (χ3n) is 5.63. The average Bonchev–Trinajstić information content (AvgIpc) is 3.18. The topological polar surface area (TPSA) is 53.5 Å². The number of hydrogen-bond acceptors (Lipinski definition) is 6. The number of nitrogens with zero attached hydrogens (tertiary/aromatic N) is 4. The van der Waals surface area contributed by atoms with E-state index in [1.54, 1.807) is 6.20 Å². The molecule has 0 radical (unpaired) electrons. The van der Waals surface area contributed by atoms with Gasteiger partial charge >= 0.3 is 0 Å². The van der Waals surface area contributed by atoms with Crippen molar-refractivity contribution < 1.29 is 4.74 Å². The SMILES string of the molecule is c1ncc(N2CCN([C@H]3CCNC3)CC2)nc1OC1CCCCC1. The van der Waals surface area contributed by atoms with Gasteiger partial charge in [0.1, 0.15) is 6.10 Å². The fourth-order valence-electron chi connectivity index (χ4n) is 4.17. The van der Waals surface area contributed by atoms with Gasteiger partial charge in [0.05, 0.1) is 12.4 Å². The monoisotopic (exact) mass is 331 g/mol. The number of aromatic nitrogens is 2. The predicted octanol–water partition coefficient (Wildman–Crippen LogP) is 1.67. The van der Waals surface area contributed by atoms with Gasteiger partial charge in [-0.2, -0.15) is 4.98 Å². The molecule has 4 rings (SSSR count). The van der Waals surface area contributed by atoms with Crippen LogP contribution in [0.15, 0.2) is 12.4 Å². The molecule has 1 aliphatic carbocycles. The molecule has 3 heterocycles. The highest BCUT2D eigenvalue weighted by Gasteiger charge is 2.26. The van der Waals surface area contributed by atoms with Gasteiger partial charge in [-0.05, 0) is 38.6 Å². The molecule has 3 fully saturated rings. The van der Waals surface area contributed by atoms with Crippen molar-refractivity contribution >= 4 is 5.82 Å². The summed E-state index contributed by atoms with van der Waals surface area (Å²) in [7, 11) is 0. The summed E-state index contributed by atoms with van der Waals surface area (Å²) in [4.78, 5) is 14.1. The molecule has 3 aliphatic rings. The van der Waals surface area contributed by atoms with Gasteiger partial charge < -0.3 is 15.0 Å². The molecule has 1 N–H and O–H groups in total. The van der Waals surface area contributed by atoms with Gasteiger partial charge in [-0.15, -0.1) is 0 Å². The summed E-state index contributed by atoms with van der Waals surface area (Å²) in [5.74, 6) is 1.66. The Morgan fingerprint density at radius 3 is 2.58 bits per heavy atom. The van der Waals surface area contributed by atoms with E-state index in [4.69, 9.17) is 9.72 Å². The number of anilines is 1. The van der Waals surface area contributed by atoms with E-state index in [0.717, 1.165) is 64.0 Å². The number of rotatable bonds is 4. The molecule has 6 heteroatoms. The lowest BCUT2D eigenvalue weighted by Crippen LogP contribution is -2.51. The fraction of sp³-hybridized carbons (Fsp3) is 0.778. The number of ether oxygens (including phenoxy) is 1. The summed E-state index contributed by atoms with van der Waals surface area (Å²) >= 11 is 0. The Labute approximate surface area is 144 Å². The minimum atomic E-state index is 0.329. The van der Waals surface area contributed by atoms with E-state index < -0.39 is 0 Å². The average molecular weight is 331 g/mol. The second kappa shape index (κ2) is 7.66. The van der Waals surface area contributed by atoms with Crippen LogP contribution in [-0.4, -0.2) is 66.3 Å². The molecular formula is C18H29N5O. The van der Waals surface area contributed by atoms with Crippen LogP contribution in [0.5, 0.6) is 5.88 Å². The molecule has 1 saturated carbocycles. The smallest absolute Gasteiger partial charge is 0.234 e. The lowest BCUT2D eigenvalue weighted by molar-refractivity contribution is 0.148. The van der Waals surface area contributed by atoms with Gasteiger partial charge in [0.15, 0.2) is 5.82 Å². The van der Waals surface area contributed by atoms with Crippen molar-refractivity contribution in [1.29, 1.82) is 0 Å². The maximum absolute atomic E-state index is 6.07. The quantitative estimate of drug-likeness (QED) is 0.906. The van der Waals surface area contributed by atoms with Crippen LogP contribution in [0.3, 0.4) is 0 Å². The minimum Gasteiger partial charge on any atom is -0.473 e. The zero-order chi connectivity index (χ0) is 16.2. The van der Waals surface area contributed by atoms with E-state index in [1.807, 2.05) is 6.20 Å². The Balaban J connectivity index is 1.33. The fourth-order valence-corrected chi connectivity index (χ4v) is 4.17. The molecule has 1 atom stereocenters. The molecule has 132 valence electrons. The highest BCUT2D eigenvalue weighted by Crippen LogP contribution is 2.23. The van der Waals surface area contributed by atoms with Gasteiger partial charge in [-0.3, -0.25) is 9.88 Å². The lowest BCUT2D eigenvalue weighted by atomic mass is 9.98. The first kappa shape index (κ1) is 16.1. The Bertz CT molecular complexity index is 520. The second-order valence-electron chi connectivity index (χ2n) is 7.26. The van der Waals surface area contributed by atoms with Crippen LogP contribution >= 0.6 is 0 Å². The third-order valence-corrected chi connectivity index (χ3v) is 5.63. The van der Waals surface area contributed by atoms with Gasteiger partial charge in [-0.1, -0.05) is 6.42 Å². The number of nitrogens with one attached hydrogen (secondary N) is 1. The van der Waals surface area contributed by atoms with Gasteiger partial charge in [0.25, 0.3) is 0 Å². The zero-order valence-corrected chi connectivity index (χ0v) is 14.5. The molecular weight excluding hydrogens is 302 g/mol. The molecule has 2 aliphatic heterocycles. The summed E-state index contributed by atoms with van der Waals surface area (Å²) in [6.07, 6.45) is 11.4. The summed E-state index contributed by atoms with van der Waals surface area (Å²) in [6, 6.07) is 0.721. The van der Waals surface area contributed by atoms with E-state index in [0.29, 0.717) is 12.0 Å². The van der Waals surface area contributed by atoms with Crippen molar-refractivity contribution in [2.45, 2.75) is 50.7 Å². The normalized spacial score (nSPS) is 26.7. The largest absolute Gasteiger partial charge is 0.473 e. The molecule has 1 aromatic rings. The molecule has 0 spiro atoms. The van der Waals surface area contributed by atoms with Crippen LogP contribution in [0.2, 0.25) is 0 Å². The van der Waals surface area contributed by atoms with Gasteiger partial charge in [0, 0.05) is 38.8 Å². The van der Waals surface area contributed by atoms with Crippen molar-refractivity contribution in [3.8, 4) is 5.88 Å². The van der Waals surface area contributed by atoms with E-state index in [-0.39, 0.29) is 0 Å². The zero-order valence-electron chi connectivity index (χ0n) is 14.5. The third kappa shape index (κ3) is 3.81. The highest BCUT2D eigenvalue weighted by molar-refractivity contribution is 5.38. The van der Waals surface area contributed by atoms with Crippen molar-refractivity contribution in [2.75, 3.05) is 44.2 Å². The standard InChI is InChI=1S/C18H29N5O/c1-2-4-16(5-3-1)24-18-14-20-13-17(21-18)23-10-8-22(9-11-23)15-6-7-19-12-15/h13-16,19H,1-12H2/t15-/m0/s1. The molecule has 0 unspecified atom stereocenters. The first-order valence-electron chi connectivity index (χ1n) is 9.57. The van der Waals surface area contributed by atoms with Crippen LogP contribution in [0.4, 0.5) is 5.82 Å². The molecule has 0 bridgehead atoms. The highest BCUT2D eigenvalue weighted by atomic mass is 16.5. The molecule has 0 amide bonds. The van der Waals surface area contributed by atoms with E-state index in [1.165, 1.54) is 25.7 Å².